The van der Waals surface area contributed by atoms with Gasteiger partial charge in [0.2, 0.25) is 0 Å². The minimum absolute atomic E-state index is 0. The van der Waals surface area contributed by atoms with E-state index in [1.165, 1.54) is 127 Å². The Morgan fingerprint density at radius 1 is 0.558 bits per heavy atom. The van der Waals surface area contributed by atoms with Crippen LogP contribution in [0.15, 0.2) is 70.7 Å². The zero-order valence-corrected chi connectivity index (χ0v) is 28.9. The van der Waals surface area contributed by atoms with Crippen molar-refractivity contribution in [2.24, 2.45) is 9.98 Å². The van der Waals surface area contributed by atoms with Crippen LogP contribution in [-0.2, 0) is 29.3 Å². The Hall–Kier alpha value is -1.99. The number of allylic oxidation sites excluding steroid dienone is 2. The summed E-state index contributed by atoms with van der Waals surface area (Å²) in [6.07, 6.45) is 34.1. The van der Waals surface area contributed by atoms with Gasteiger partial charge in [0.1, 0.15) is 0 Å². The Labute approximate surface area is 276 Å². The number of aliphatic imine (C=N–C) groups is 2. The molecule has 2 nitrogen and oxygen atoms in total. The summed E-state index contributed by atoms with van der Waals surface area (Å²) < 4.78 is 0. The van der Waals surface area contributed by atoms with Gasteiger partial charge in [0.25, 0.3) is 0 Å². The Balaban J connectivity index is 0.00000924. The zero-order valence-electron chi connectivity index (χ0n) is 27.9. The van der Waals surface area contributed by atoms with Gasteiger partial charge in [-0.05, 0) is 80.0 Å². The smallest absolute Gasteiger partial charge is 0.0816 e. The quantitative estimate of drug-likeness (QED) is 0.0593. The molecule has 0 unspecified atom stereocenters. The molecule has 0 heterocycles. The maximum atomic E-state index is 5.13. The molecule has 0 aromatic heterocycles. The third kappa shape index (κ3) is 20.6. The average molecular weight is 630 g/mol. The molecule has 2 rings (SSSR count). The summed E-state index contributed by atoms with van der Waals surface area (Å²) >= 11 is 0. The van der Waals surface area contributed by atoms with Gasteiger partial charge < -0.3 is 0 Å². The zero-order chi connectivity index (χ0) is 29.9. The molecular weight excluding hydrogens is 567 g/mol. The van der Waals surface area contributed by atoms with Gasteiger partial charge in [0.05, 0.1) is 23.3 Å². The van der Waals surface area contributed by atoms with Crippen molar-refractivity contribution in [1.82, 2.24) is 0 Å². The largest absolute Gasteiger partial charge is 0.255 e. The number of benzene rings is 2. The fourth-order valence-electron chi connectivity index (χ4n) is 5.47. The number of hydrogen-bond donors (Lipinski definition) is 0. The first-order valence-electron chi connectivity index (χ1n) is 17.7. The molecule has 0 aliphatic rings. The molecule has 0 amide bonds. The molecule has 0 aliphatic carbocycles. The predicted octanol–water partition coefficient (Wildman–Crippen LogP) is 13.3. The molecule has 0 aliphatic heterocycles. The first kappa shape index (κ1) is 39.0. The second kappa shape index (κ2) is 27.6. The Morgan fingerprint density at radius 2 is 1.05 bits per heavy atom. The van der Waals surface area contributed by atoms with E-state index < -0.39 is 0 Å². The molecular formula is C40H62N2Ni. The van der Waals surface area contributed by atoms with Crippen molar-refractivity contribution < 1.29 is 16.5 Å². The van der Waals surface area contributed by atoms with Gasteiger partial charge in [-0.1, -0.05) is 147 Å². The maximum absolute atomic E-state index is 5.13. The molecule has 2 aromatic rings. The molecule has 43 heavy (non-hydrogen) atoms. The summed E-state index contributed by atoms with van der Waals surface area (Å²) in [6, 6.07) is 17.2. The SMILES string of the molecule is CCCCCCCCCCCCCC/C=C/C(/C=N/c1ccccc1)=N/c1cc(CCCCC)cc(CCCCC)c1.[Ni]. The molecule has 0 atom stereocenters. The van der Waals surface area contributed by atoms with Crippen LogP contribution in [0.2, 0.25) is 0 Å². The summed E-state index contributed by atoms with van der Waals surface area (Å²) in [5.41, 5.74) is 5.82. The van der Waals surface area contributed by atoms with Crippen molar-refractivity contribution in [1.29, 1.82) is 0 Å². The Bertz CT molecular complexity index is 980. The van der Waals surface area contributed by atoms with Gasteiger partial charge in [0.15, 0.2) is 0 Å². The summed E-state index contributed by atoms with van der Waals surface area (Å²) in [5, 5.41) is 0. The van der Waals surface area contributed by atoms with E-state index in [2.05, 4.69) is 51.1 Å². The number of aryl methyl sites for hydroxylation is 2. The standard InChI is InChI=1S/C40H62N2.Ni/c1-4-7-10-11-12-13-14-15-16-17-18-19-20-24-31-39(35-41-38-29-25-21-26-30-38)42-40-33-36(27-22-8-5-2)32-37(34-40)28-23-9-6-3;/h21,24-26,29-35H,4-20,22-23,27-28H2,1-3H3;/b31-24+,41-35+,42-39-;. The van der Waals surface area contributed by atoms with E-state index in [1.807, 2.05) is 36.5 Å². The van der Waals surface area contributed by atoms with Crippen LogP contribution < -0.4 is 0 Å². The molecule has 2 aromatic carbocycles. The van der Waals surface area contributed by atoms with Gasteiger partial charge in [-0.2, -0.15) is 0 Å². The molecule has 3 heteroatoms. The van der Waals surface area contributed by atoms with E-state index in [0.717, 1.165) is 36.3 Å². The number of hydrogen-bond acceptors (Lipinski definition) is 2. The van der Waals surface area contributed by atoms with Gasteiger partial charge in [-0.25, -0.2) is 4.99 Å². The molecule has 0 bridgehead atoms. The number of unbranched alkanes of at least 4 members (excludes halogenated alkanes) is 16. The number of rotatable bonds is 25. The van der Waals surface area contributed by atoms with Crippen LogP contribution in [0.25, 0.3) is 0 Å². The second-order valence-electron chi connectivity index (χ2n) is 12.1. The summed E-state index contributed by atoms with van der Waals surface area (Å²) in [4.78, 5) is 9.88. The van der Waals surface area contributed by atoms with Crippen molar-refractivity contribution >= 4 is 23.3 Å². The van der Waals surface area contributed by atoms with Crippen molar-refractivity contribution in [3.05, 3.63) is 71.8 Å². The average Bonchev–Trinajstić information content (AvgIpc) is 3.00. The Kier molecular flexibility index (Phi) is 25.0. The third-order valence-corrected chi connectivity index (χ3v) is 8.05. The van der Waals surface area contributed by atoms with E-state index in [9.17, 15) is 0 Å². The first-order chi connectivity index (χ1) is 20.7. The van der Waals surface area contributed by atoms with Crippen LogP contribution in [0.5, 0.6) is 0 Å². The molecule has 0 radical (unpaired) electrons. The van der Waals surface area contributed by atoms with Crippen LogP contribution in [0.4, 0.5) is 11.4 Å². The van der Waals surface area contributed by atoms with E-state index in [-0.39, 0.29) is 16.5 Å². The third-order valence-electron chi connectivity index (χ3n) is 8.05. The molecule has 0 saturated heterocycles. The normalized spacial score (nSPS) is 11.9. The van der Waals surface area contributed by atoms with E-state index >= 15 is 0 Å². The fourth-order valence-corrected chi connectivity index (χ4v) is 5.47. The van der Waals surface area contributed by atoms with Gasteiger partial charge in [0, 0.05) is 16.5 Å². The Morgan fingerprint density at radius 3 is 1.58 bits per heavy atom. The second-order valence-corrected chi connectivity index (χ2v) is 12.1. The van der Waals surface area contributed by atoms with E-state index in [1.54, 1.807) is 0 Å². The van der Waals surface area contributed by atoms with Crippen LogP contribution in [0.1, 0.15) is 154 Å². The minimum Gasteiger partial charge on any atom is -0.255 e. The first-order valence-corrected chi connectivity index (χ1v) is 17.7. The van der Waals surface area contributed by atoms with E-state index in [0.29, 0.717) is 0 Å². The number of nitrogens with zero attached hydrogens (tertiary/aromatic N) is 2. The predicted molar refractivity (Wildman–Crippen MR) is 189 cm³/mol. The van der Waals surface area contributed by atoms with E-state index in [4.69, 9.17) is 9.98 Å². The van der Waals surface area contributed by atoms with Crippen LogP contribution in [0, 0.1) is 0 Å². The van der Waals surface area contributed by atoms with Crippen LogP contribution >= 0.6 is 0 Å². The maximum Gasteiger partial charge on any atom is 0.0816 e. The van der Waals surface area contributed by atoms with Gasteiger partial charge in [-0.15, -0.1) is 0 Å². The van der Waals surface area contributed by atoms with Gasteiger partial charge >= 0.3 is 0 Å². The summed E-state index contributed by atoms with van der Waals surface area (Å²) in [6.45, 7) is 6.85. The fraction of sp³-hybridized carbons (Fsp3) is 0.600. The van der Waals surface area contributed by atoms with Crippen molar-refractivity contribution in [2.45, 2.75) is 156 Å². The molecule has 0 N–H and O–H groups in total. The minimum atomic E-state index is 0. The molecule has 0 fully saturated rings. The topological polar surface area (TPSA) is 24.7 Å². The summed E-state index contributed by atoms with van der Waals surface area (Å²) in [5.74, 6) is 0. The summed E-state index contributed by atoms with van der Waals surface area (Å²) in [7, 11) is 0. The van der Waals surface area contributed by atoms with Crippen LogP contribution in [0.3, 0.4) is 0 Å². The van der Waals surface area contributed by atoms with Crippen LogP contribution in [-0.4, -0.2) is 11.9 Å². The van der Waals surface area contributed by atoms with Gasteiger partial charge in [-0.3, -0.25) is 4.99 Å². The van der Waals surface area contributed by atoms with Crippen molar-refractivity contribution in [3.8, 4) is 0 Å². The molecule has 0 saturated carbocycles. The molecule has 0 spiro atoms. The molecule has 242 valence electrons. The monoisotopic (exact) mass is 628 g/mol. The van der Waals surface area contributed by atoms with Crippen molar-refractivity contribution in [2.75, 3.05) is 0 Å². The van der Waals surface area contributed by atoms with Crippen molar-refractivity contribution in [3.63, 3.8) is 0 Å². The number of para-hydroxylation sites is 1.